The zero-order valence-electron chi connectivity index (χ0n) is 11.7. The Morgan fingerprint density at radius 1 is 1.42 bits per heavy atom. The van der Waals surface area contributed by atoms with Gasteiger partial charge in [-0.05, 0) is 31.6 Å². The van der Waals surface area contributed by atoms with Crippen molar-refractivity contribution >= 4 is 11.9 Å². The summed E-state index contributed by atoms with van der Waals surface area (Å²) in [6.07, 6.45) is 4.56. The number of nitrogens with one attached hydrogen (secondary N) is 1. The quantitative estimate of drug-likeness (QED) is 0.706. The second-order valence-corrected chi connectivity index (χ2v) is 5.20. The summed E-state index contributed by atoms with van der Waals surface area (Å²) in [5.74, 6) is -0.304. The molecule has 5 nitrogen and oxygen atoms in total. The molecule has 0 aromatic heterocycles. The maximum atomic E-state index is 11.8. The zero-order valence-corrected chi connectivity index (χ0v) is 11.7. The molecule has 0 spiro atoms. The first kappa shape index (κ1) is 16.0. The zero-order chi connectivity index (χ0) is 14.1. The van der Waals surface area contributed by atoms with Crippen molar-refractivity contribution in [1.29, 1.82) is 0 Å². The molecule has 5 heteroatoms. The van der Waals surface area contributed by atoms with Gasteiger partial charge < -0.3 is 15.2 Å². The Bertz CT molecular complexity index is 287. The van der Waals surface area contributed by atoms with Crippen molar-refractivity contribution in [3.63, 3.8) is 0 Å². The first-order valence-corrected chi connectivity index (χ1v) is 7.20. The van der Waals surface area contributed by atoms with E-state index in [0.717, 1.165) is 32.3 Å². The van der Waals surface area contributed by atoms with Crippen LogP contribution in [0.25, 0.3) is 0 Å². The lowest BCUT2D eigenvalue weighted by Gasteiger charge is -2.22. The molecule has 0 radical (unpaired) electrons. The Balaban J connectivity index is 2.16. The summed E-state index contributed by atoms with van der Waals surface area (Å²) in [7, 11) is 0. The molecule has 1 amide bonds. The molecule has 0 aromatic rings. The lowest BCUT2D eigenvalue weighted by atomic mass is 9.96. The van der Waals surface area contributed by atoms with E-state index in [-0.39, 0.29) is 18.2 Å². The second kappa shape index (κ2) is 8.91. The average molecular weight is 271 g/mol. The van der Waals surface area contributed by atoms with Gasteiger partial charge in [0.15, 0.2) is 0 Å². The highest BCUT2D eigenvalue weighted by atomic mass is 16.5. The maximum absolute atomic E-state index is 11.8. The largest absolute Gasteiger partial charge is 0.481 e. The number of carbonyl (C=O) groups excluding carboxylic acids is 1. The molecule has 110 valence electrons. The minimum Gasteiger partial charge on any atom is -0.481 e. The second-order valence-electron chi connectivity index (χ2n) is 5.20. The molecule has 0 bridgehead atoms. The van der Waals surface area contributed by atoms with Crippen molar-refractivity contribution in [2.24, 2.45) is 11.8 Å². The van der Waals surface area contributed by atoms with Gasteiger partial charge in [-0.1, -0.05) is 13.3 Å². The highest BCUT2D eigenvalue weighted by Crippen LogP contribution is 2.16. The van der Waals surface area contributed by atoms with Crippen LogP contribution in [-0.4, -0.2) is 36.7 Å². The standard InChI is InChI=1S/C14H25NO4/c1-2-11(5-6-13(16)17)7-8-15-14(18)12-4-3-9-19-10-12/h11-12H,2-10H2,1H3,(H,15,18)(H,16,17). The van der Waals surface area contributed by atoms with Gasteiger partial charge in [-0.25, -0.2) is 0 Å². The summed E-state index contributed by atoms with van der Waals surface area (Å²) in [6, 6.07) is 0. The number of carboxylic acid groups (broad SMARTS) is 1. The van der Waals surface area contributed by atoms with E-state index in [2.05, 4.69) is 12.2 Å². The summed E-state index contributed by atoms with van der Waals surface area (Å²) in [6.45, 7) is 3.98. The third-order valence-corrected chi connectivity index (χ3v) is 3.73. The fourth-order valence-electron chi connectivity index (χ4n) is 2.37. The fourth-order valence-corrected chi connectivity index (χ4v) is 2.37. The van der Waals surface area contributed by atoms with Crippen LogP contribution in [0.15, 0.2) is 0 Å². The fraction of sp³-hybridized carbons (Fsp3) is 0.857. The van der Waals surface area contributed by atoms with Gasteiger partial charge in [0.05, 0.1) is 12.5 Å². The van der Waals surface area contributed by atoms with Crippen LogP contribution in [0, 0.1) is 11.8 Å². The Labute approximate surface area is 114 Å². The third kappa shape index (κ3) is 6.57. The van der Waals surface area contributed by atoms with Gasteiger partial charge in [0.1, 0.15) is 0 Å². The number of carbonyl (C=O) groups is 2. The molecule has 2 unspecified atom stereocenters. The van der Waals surface area contributed by atoms with Crippen LogP contribution in [0.4, 0.5) is 0 Å². The van der Waals surface area contributed by atoms with Crippen molar-refractivity contribution < 1.29 is 19.4 Å². The van der Waals surface area contributed by atoms with Crippen molar-refractivity contribution in [3.05, 3.63) is 0 Å². The first-order chi connectivity index (χ1) is 9.13. The third-order valence-electron chi connectivity index (χ3n) is 3.73. The van der Waals surface area contributed by atoms with E-state index in [1.54, 1.807) is 0 Å². The molecule has 0 aliphatic carbocycles. The van der Waals surface area contributed by atoms with Gasteiger partial charge in [-0.15, -0.1) is 0 Å². The number of amides is 1. The molecule has 0 saturated carbocycles. The van der Waals surface area contributed by atoms with E-state index in [1.165, 1.54) is 0 Å². The molecule has 1 aliphatic rings. The molecule has 19 heavy (non-hydrogen) atoms. The monoisotopic (exact) mass is 271 g/mol. The van der Waals surface area contributed by atoms with Gasteiger partial charge in [-0.2, -0.15) is 0 Å². The normalized spacial score (nSPS) is 20.8. The van der Waals surface area contributed by atoms with E-state index >= 15 is 0 Å². The number of aliphatic carboxylic acids is 1. The molecule has 1 heterocycles. The average Bonchev–Trinajstić information content (AvgIpc) is 2.43. The SMILES string of the molecule is CCC(CCNC(=O)C1CCCOC1)CCC(=O)O. The molecule has 1 fully saturated rings. The first-order valence-electron chi connectivity index (χ1n) is 7.20. The minimum atomic E-state index is -0.748. The van der Waals surface area contributed by atoms with Crippen LogP contribution in [-0.2, 0) is 14.3 Å². The molecule has 2 N–H and O–H groups in total. The Morgan fingerprint density at radius 3 is 2.79 bits per heavy atom. The van der Waals surface area contributed by atoms with Gasteiger partial charge in [0.2, 0.25) is 5.91 Å². The number of ether oxygens (including phenoxy) is 1. The molecule has 1 aliphatic heterocycles. The number of hydrogen-bond donors (Lipinski definition) is 2. The van der Waals surface area contributed by atoms with E-state index in [1.807, 2.05) is 0 Å². The topological polar surface area (TPSA) is 75.6 Å². The summed E-state index contributed by atoms with van der Waals surface area (Å²) in [5, 5.41) is 11.6. The van der Waals surface area contributed by atoms with Gasteiger partial charge >= 0.3 is 5.97 Å². The van der Waals surface area contributed by atoms with Crippen molar-refractivity contribution in [2.45, 2.75) is 45.4 Å². The highest BCUT2D eigenvalue weighted by molar-refractivity contribution is 5.78. The van der Waals surface area contributed by atoms with E-state index in [0.29, 0.717) is 25.5 Å². The lowest BCUT2D eigenvalue weighted by Crippen LogP contribution is -2.36. The summed E-state index contributed by atoms with van der Waals surface area (Å²) in [4.78, 5) is 22.4. The smallest absolute Gasteiger partial charge is 0.303 e. The van der Waals surface area contributed by atoms with Gasteiger partial charge in [0.25, 0.3) is 0 Å². The van der Waals surface area contributed by atoms with Crippen LogP contribution >= 0.6 is 0 Å². The minimum absolute atomic E-state index is 0.00662. The van der Waals surface area contributed by atoms with Crippen LogP contribution in [0.2, 0.25) is 0 Å². The van der Waals surface area contributed by atoms with E-state index in [9.17, 15) is 9.59 Å². The number of hydrogen-bond acceptors (Lipinski definition) is 3. The molecule has 2 atom stereocenters. The summed E-state index contributed by atoms with van der Waals surface area (Å²) in [5.41, 5.74) is 0. The Morgan fingerprint density at radius 2 is 2.21 bits per heavy atom. The van der Waals surface area contributed by atoms with Crippen LogP contribution in [0.3, 0.4) is 0 Å². The van der Waals surface area contributed by atoms with Gasteiger partial charge in [-0.3, -0.25) is 9.59 Å². The Hall–Kier alpha value is -1.10. The lowest BCUT2D eigenvalue weighted by molar-refractivity contribution is -0.137. The molecule has 1 saturated heterocycles. The highest BCUT2D eigenvalue weighted by Gasteiger charge is 2.21. The predicted octanol–water partition coefficient (Wildman–Crippen LogP) is 1.81. The van der Waals surface area contributed by atoms with Crippen LogP contribution < -0.4 is 5.32 Å². The number of carboxylic acids is 1. The maximum Gasteiger partial charge on any atom is 0.303 e. The number of rotatable bonds is 8. The van der Waals surface area contributed by atoms with Gasteiger partial charge in [0, 0.05) is 19.6 Å². The molecular weight excluding hydrogens is 246 g/mol. The molecule has 1 rings (SSSR count). The van der Waals surface area contributed by atoms with Crippen molar-refractivity contribution in [3.8, 4) is 0 Å². The van der Waals surface area contributed by atoms with Crippen LogP contribution in [0.1, 0.15) is 45.4 Å². The summed E-state index contributed by atoms with van der Waals surface area (Å²) >= 11 is 0. The Kier molecular flexibility index (Phi) is 7.48. The van der Waals surface area contributed by atoms with E-state index in [4.69, 9.17) is 9.84 Å². The summed E-state index contributed by atoms with van der Waals surface area (Å²) < 4.78 is 5.29. The van der Waals surface area contributed by atoms with Crippen molar-refractivity contribution in [1.82, 2.24) is 5.32 Å². The van der Waals surface area contributed by atoms with E-state index < -0.39 is 5.97 Å². The predicted molar refractivity (Wildman–Crippen MR) is 71.8 cm³/mol. The van der Waals surface area contributed by atoms with Crippen LogP contribution in [0.5, 0.6) is 0 Å². The van der Waals surface area contributed by atoms with Crippen molar-refractivity contribution in [2.75, 3.05) is 19.8 Å². The molecule has 0 aromatic carbocycles. The molecular formula is C14H25NO4.